The predicted octanol–water partition coefficient (Wildman–Crippen LogP) is 3.06. The molecule has 0 amide bonds. The van der Waals surface area contributed by atoms with Crippen LogP contribution in [0.3, 0.4) is 0 Å². The first-order chi connectivity index (χ1) is 14.8. The minimum absolute atomic E-state index is 0.0349. The van der Waals surface area contributed by atoms with Crippen molar-refractivity contribution in [1.82, 2.24) is 19.9 Å². The number of hydrogen-bond donors (Lipinski definition) is 2. The van der Waals surface area contributed by atoms with Crippen LogP contribution in [0.2, 0.25) is 10.0 Å². The van der Waals surface area contributed by atoms with Crippen molar-refractivity contribution in [2.24, 2.45) is 10.7 Å². The highest BCUT2D eigenvalue weighted by molar-refractivity contribution is 6.36. The second-order valence-electron chi connectivity index (χ2n) is 7.66. The van der Waals surface area contributed by atoms with Gasteiger partial charge in [0.2, 0.25) is 11.7 Å². The Labute approximate surface area is 189 Å². The topological polar surface area (TPSA) is 108 Å². The van der Waals surface area contributed by atoms with E-state index in [9.17, 15) is 4.39 Å². The fourth-order valence-electron chi connectivity index (χ4n) is 3.74. The van der Waals surface area contributed by atoms with Crippen molar-refractivity contribution in [3.63, 3.8) is 0 Å². The van der Waals surface area contributed by atoms with Gasteiger partial charge in [-0.05, 0) is 38.2 Å². The molecule has 3 N–H and O–H groups in total. The molecule has 3 heterocycles. The van der Waals surface area contributed by atoms with Crippen molar-refractivity contribution in [3.05, 3.63) is 57.0 Å². The highest BCUT2D eigenvalue weighted by Gasteiger charge is 2.27. The van der Waals surface area contributed by atoms with Crippen LogP contribution in [0, 0.1) is 11.2 Å². The molecule has 0 bridgehead atoms. The molecule has 164 valence electrons. The quantitative estimate of drug-likeness (QED) is 0.518. The van der Waals surface area contributed by atoms with Crippen LogP contribution in [0.1, 0.15) is 29.6 Å². The van der Waals surface area contributed by atoms with E-state index in [2.05, 4.69) is 20.0 Å². The van der Waals surface area contributed by atoms with Crippen LogP contribution in [0.15, 0.2) is 33.4 Å². The Kier molecular flexibility index (Phi) is 6.27. The Morgan fingerprint density at radius 1 is 1.39 bits per heavy atom. The number of benzene rings is 1. The molecule has 8 nitrogen and oxygen atoms in total. The minimum atomic E-state index is -0.546. The molecule has 0 saturated carbocycles. The molecule has 1 aromatic carbocycles. The SMILES string of the molecule is CN1CCC(c2nc(C(=N)/C=C3\C(N)=NCCN3Cc3c(Cl)ccc(F)c3Cl)no2)C1. The first kappa shape index (κ1) is 21.7. The first-order valence-electron chi connectivity index (χ1n) is 9.84. The zero-order valence-electron chi connectivity index (χ0n) is 16.9. The number of aromatic nitrogens is 2. The second kappa shape index (κ2) is 8.94. The maximum absolute atomic E-state index is 13.9. The van der Waals surface area contributed by atoms with Gasteiger partial charge in [-0.1, -0.05) is 28.4 Å². The van der Waals surface area contributed by atoms with Crippen LogP contribution in [-0.4, -0.2) is 64.7 Å². The molecule has 31 heavy (non-hydrogen) atoms. The lowest BCUT2D eigenvalue weighted by molar-refractivity contribution is 0.343. The van der Waals surface area contributed by atoms with Gasteiger partial charge in [0.15, 0.2) is 0 Å². The number of nitrogens with one attached hydrogen (secondary N) is 1. The van der Waals surface area contributed by atoms with Gasteiger partial charge in [0.25, 0.3) is 0 Å². The first-order valence-corrected chi connectivity index (χ1v) is 10.6. The Morgan fingerprint density at radius 2 is 2.19 bits per heavy atom. The lowest BCUT2D eigenvalue weighted by Gasteiger charge is -2.30. The van der Waals surface area contributed by atoms with Crippen molar-refractivity contribution in [2.45, 2.75) is 18.9 Å². The van der Waals surface area contributed by atoms with Crippen molar-refractivity contribution < 1.29 is 8.91 Å². The molecule has 11 heteroatoms. The van der Waals surface area contributed by atoms with Crippen LogP contribution in [0.5, 0.6) is 0 Å². The predicted molar refractivity (Wildman–Crippen MR) is 117 cm³/mol. The highest BCUT2D eigenvalue weighted by Crippen LogP contribution is 2.30. The van der Waals surface area contributed by atoms with Gasteiger partial charge in [0.05, 0.1) is 23.2 Å². The molecule has 0 spiro atoms. The van der Waals surface area contributed by atoms with Gasteiger partial charge in [-0.3, -0.25) is 10.4 Å². The van der Waals surface area contributed by atoms with E-state index in [4.69, 9.17) is 38.9 Å². The number of nitrogens with zero attached hydrogens (tertiary/aromatic N) is 5. The smallest absolute Gasteiger partial charge is 0.231 e. The van der Waals surface area contributed by atoms with Gasteiger partial charge >= 0.3 is 0 Å². The van der Waals surface area contributed by atoms with E-state index >= 15 is 0 Å². The van der Waals surface area contributed by atoms with Crippen LogP contribution in [0.25, 0.3) is 0 Å². The number of halogens is 3. The summed E-state index contributed by atoms with van der Waals surface area (Å²) in [5, 5.41) is 12.7. The molecule has 1 aromatic heterocycles. The number of amidine groups is 1. The second-order valence-corrected chi connectivity index (χ2v) is 8.44. The molecule has 0 aliphatic carbocycles. The van der Waals surface area contributed by atoms with Crippen LogP contribution in [-0.2, 0) is 6.54 Å². The maximum atomic E-state index is 13.9. The van der Waals surface area contributed by atoms with E-state index in [0.717, 1.165) is 19.5 Å². The molecule has 1 saturated heterocycles. The van der Waals surface area contributed by atoms with E-state index in [1.807, 2.05) is 11.9 Å². The number of aliphatic imine (C=N–C) groups is 1. The largest absolute Gasteiger partial charge is 0.382 e. The molecule has 4 rings (SSSR count). The number of nitrogens with two attached hydrogens (primary N) is 1. The molecule has 1 unspecified atom stereocenters. The third-order valence-corrected chi connectivity index (χ3v) is 6.21. The van der Waals surface area contributed by atoms with Crippen molar-refractivity contribution in [1.29, 1.82) is 5.41 Å². The number of allylic oxidation sites excluding steroid dienone is 1. The monoisotopic (exact) mass is 465 g/mol. The van der Waals surface area contributed by atoms with Gasteiger partial charge in [-0.2, -0.15) is 4.98 Å². The van der Waals surface area contributed by atoms with Gasteiger partial charge in [0.1, 0.15) is 17.4 Å². The summed E-state index contributed by atoms with van der Waals surface area (Å²) in [6, 6.07) is 2.69. The number of hydrogen-bond acceptors (Lipinski definition) is 8. The fraction of sp³-hybridized carbons (Fsp3) is 0.400. The highest BCUT2D eigenvalue weighted by atomic mass is 35.5. The van der Waals surface area contributed by atoms with Crippen LogP contribution < -0.4 is 5.73 Å². The minimum Gasteiger partial charge on any atom is -0.382 e. The Morgan fingerprint density at radius 3 is 2.94 bits per heavy atom. The zero-order valence-corrected chi connectivity index (χ0v) is 18.4. The maximum Gasteiger partial charge on any atom is 0.231 e. The number of likely N-dealkylation sites (tertiary alicyclic amines) is 1. The molecule has 2 aliphatic heterocycles. The van der Waals surface area contributed by atoms with Gasteiger partial charge in [-0.25, -0.2) is 4.39 Å². The van der Waals surface area contributed by atoms with E-state index in [1.54, 1.807) is 0 Å². The van der Waals surface area contributed by atoms with Gasteiger partial charge < -0.3 is 20.1 Å². The molecule has 0 radical (unpaired) electrons. The lowest BCUT2D eigenvalue weighted by atomic mass is 10.1. The molecular weight excluding hydrogens is 444 g/mol. The van der Waals surface area contributed by atoms with Gasteiger partial charge in [-0.15, -0.1) is 0 Å². The summed E-state index contributed by atoms with van der Waals surface area (Å²) in [6.45, 7) is 3.00. The molecule has 1 atom stereocenters. The summed E-state index contributed by atoms with van der Waals surface area (Å²) in [5.74, 6) is 0.595. The third kappa shape index (κ3) is 4.58. The summed E-state index contributed by atoms with van der Waals surface area (Å²) in [6.07, 6.45) is 2.48. The molecule has 2 aromatic rings. The summed E-state index contributed by atoms with van der Waals surface area (Å²) in [7, 11) is 2.04. The van der Waals surface area contributed by atoms with E-state index in [0.29, 0.717) is 35.3 Å². The average molecular weight is 466 g/mol. The van der Waals surface area contributed by atoms with E-state index < -0.39 is 5.82 Å². The number of likely N-dealkylation sites (N-methyl/N-ethyl adjacent to an activating group) is 1. The molecule has 2 aliphatic rings. The molecular formula is C20H22Cl2FN7O. The van der Waals surface area contributed by atoms with E-state index in [1.165, 1.54) is 18.2 Å². The summed E-state index contributed by atoms with van der Waals surface area (Å²) >= 11 is 12.4. The van der Waals surface area contributed by atoms with Crippen LogP contribution >= 0.6 is 23.2 Å². The lowest BCUT2D eigenvalue weighted by Crippen LogP contribution is -2.38. The third-order valence-electron chi connectivity index (χ3n) is 5.45. The van der Waals surface area contributed by atoms with Crippen molar-refractivity contribution in [2.75, 3.05) is 33.2 Å². The normalized spacial score (nSPS) is 21.0. The van der Waals surface area contributed by atoms with Crippen molar-refractivity contribution >= 4 is 34.7 Å². The van der Waals surface area contributed by atoms with Crippen molar-refractivity contribution in [3.8, 4) is 0 Å². The average Bonchev–Trinajstić information content (AvgIpc) is 3.39. The van der Waals surface area contributed by atoms with E-state index in [-0.39, 0.29) is 34.9 Å². The molecule has 1 fully saturated rings. The Balaban J connectivity index is 1.58. The standard InChI is InChI=1S/C20H22Cl2FN7O/c1-29-6-4-11(9-29)20-27-19(28-31-20)15(24)8-16-18(25)26-5-7-30(16)10-12-13(21)2-3-14(23)17(12)22/h2-3,8,11,24H,4-7,9-10H2,1H3,(H2,25,26)/b16-8+,24-15?. The van der Waals surface area contributed by atoms with Gasteiger partial charge in [0, 0.05) is 30.2 Å². The summed E-state index contributed by atoms with van der Waals surface area (Å²) in [4.78, 5) is 12.7. The Bertz CT molecular complexity index is 1070. The van der Waals surface area contributed by atoms with Crippen LogP contribution in [0.4, 0.5) is 4.39 Å². The number of rotatable bonds is 5. The Hall–Kier alpha value is -2.49. The zero-order chi connectivity index (χ0) is 22.1. The summed E-state index contributed by atoms with van der Waals surface area (Å²) in [5.41, 5.74) is 7.10. The fourth-order valence-corrected chi connectivity index (χ4v) is 4.23. The summed E-state index contributed by atoms with van der Waals surface area (Å²) < 4.78 is 19.3.